The molecule has 5 nitrogen and oxygen atoms in total. The molecule has 0 bridgehead atoms. The van der Waals surface area contributed by atoms with Gasteiger partial charge in [0.25, 0.3) is 0 Å². The summed E-state index contributed by atoms with van der Waals surface area (Å²) in [6, 6.07) is 16.8. The molecule has 0 aliphatic heterocycles. The summed E-state index contributed by atoms with van der Waals surface area (Å²) in [5, 5.41) is 0. The first-order chi connectivity index (χ1) is 13.3. The summed E-state index contributed by atoms with van der Waals surface area (Å²) in [5.41, 5.74) is 2.05. The predicted molar refractivity (Wildman–Crippen MR) is 112 cm³/mol. The monoisotopic (exact) mass is 402 g/mol. The number of hydrogen-bond acceptors (Lipinski definition) is 3. The molecule has 0 spiro atoms. The Hall–Kier alpha value is -2.18. The van der Waals surface area contributed by atoms with E-state index in [0.29, 0.717) is 30.8 Å². The fourth-order valence-corrected chi connectivity index (χ4v) is 4.60. The van der Waals surface area contributed by atoms with Crippen LogP contribution >= 0.6 is 0 Å². The lowest BCUT2D eigenvalue weighted by molar-refractivity contribution is -0.131. The van der Waals surface area contributed by atoms with Crippen LogP contribution in [0.15, 0.2) is 59.5 Å². The molecule has 0 radical (unpaired) electrons. The minimum Gasteiger partial charge on any atom is -0.339 e. The highest BCUT2D eigenvalue weighted by molar-refractivity contribution is 7.89. The molecule has 0 N–H and O–H groups in total. The first-order valence-corrected chi connectivity index (χ1v) is 11.1. The van der Waals surface area contributed by atoms with Gasteiger partial charge in [0.1, 0.15) is 0 Å². The first kappa shape index (κ1) is 22.1. The summed E-state index contributed by atoms with van der Waals surface area (Å²) in [6.07, 6.45) is 0.964. The van der Waals surface area contributed by atoms with E-state index < -0.39 is 10.0 Å². The second-order valence-electron chi connectivity index (χ2n) is 6.82. The molecule has 1 unspecified atom stereocenters. The van der Waals surface area contributed by atoms with Crippen molar-refractivity contribution in [1.82, 2.24) is 9.21 Å². The van der Waals surface area contributed by atoms with Crippen molar-refractivity contribution in [3.8, 4) is 0 Å². The maximum Gasteiger partial charge on any atom is 0.243 e. The van der Waals surface area contributed by atoms with Gasteiger partial charge in [0.05, 0.1) is 10.9 Å². The van der Waals surface area contributed by atoms with Crippen molar-refractivity contribution in [3.05, 3.63) is 65.7 Å². The molecule has 1 atom stereocenters. The van der Waals surface area contributed by atoms with Gasteiger partial charge in [-0.2, -0.15) is 4.31 Å². The molecule has 152 valence electrons. The molecule has 2 aromatic rings. The summed E-state index contributed by atoms with van der Waals surface area (Å²) in [5.74, 6) is 0.0659. The number of carbonyl (C=O) groups excluding carboxylic acids is 1. The highest BCUT2D eigenvalue weighted by Crippen LogP contribution is 2.20. The molecule has 0 saturated carbocycles. The zero-order valence-corrected chi connectivity index (χ0v) is 17.9. The van der Waals surface area contributed by atoms with E-state index in [1.807, 2.05) is 58.2 Å². The van der Waals surface area contributed by atoms with E-state index in [1.54, 1.807) is 29.2 Å². The van der Waals surface area contributed by atoms with Crippen molar-refractivity contribution >= 4 is 15.9 Å². The SMILES string of the molecule is CCN(CC)S(=O)(=O)c1ccc(CCC(=O)N(C)C(C)c2ccccc2)cc1. The van der Waals surface area contributed by atoms with E-state index >= 15 is 0 Å². The van der Waals surface area contributed by atoms with Crippen LogP contribution in [0.2, 0.25) is 0 Å². The van der Waals surface area contributed by atoms with Gasteiger partial charge >= 0.3 is 0 Å². The molecule has 0 fully saturated rings. The lowest BCUT2D eigenvalue weighted by Gasteiger charge is -2.25. The van der Waals surface area contributed by atoms with Gasteiger partial charge in [0.15, 0.2) is 0 Å². The zero-order valence-electron chi connectivity index (χ0n) is 17.1. The third-order valence-electron chi connectivity index (χ3n) is 5.15. The number of benzene rings is 2. The first-order valence-electron chi connectivity index (χ1n) is 9.71. The van der Waals surface area contributed by atoms with Gasteiger partial charge in [-0.3, -0.25) is 4.79 Å². The average Bonchev–Trinajstić information content (AvgIpc) is 2.72. The van der Waals surface area contributed by atoms with Crippen LogP contribution in [0.4, 0.5) is 0 Å². The number of amides is 1. The Balaban J connectivity index is 1.98. The smallest absolute Gasteiger partial charge is 0.243 e. The van der Waals surface area contributed by atoms with E-state index in [9.17, 15) is 13.2 Å². The van der Waals surface area contributed by atoms with Gasteiger partial charge in [0.2, 0.25) is 15.9 Å². The lowest BCUT2D eigenvalue weighted by atomic mass is 10.1. The number of nitrogens with zero attached hydrogens (tertiary/aromatic N) is 2. The van der Waals surface area contributed by atoms with Gasteiger partial charge in [-0.25, -0.2) is 8.42 Å². The Morgan fingerprint density at radius 3 is 2.07 bits per heavy atom. The van der Waals surface area contributed by atoms with Crippen LogP contribution in [0.5, 0.6) is 0 Å². The maximum atomic E-state index is 12.5. The fourth-order valence-electron chi connectivity index (χ4n) is 3.14. The summed E-state index contributed by atoms with van der Waals surface area (Å²) >= 11 is 0. The molecule has 0 aromatic heterocycles. The highest BCUT2D eigenvalue weighted by Gasteiger charge is 2.21. The molecule has 0 aliphatic carbocycles. The second kappa shape index (κ2) is 9.85. The second-order valence-corrected chi connectivity index (χ2v) is 8.76. The van der Waals surface area contributed by atoms with Crippen LogP contribution in [0, 0.1) is 0 Å². The third kappa shape index (κ3) is 5.20. The molecule has 2 aromatic carbocycles. The standard InChI is InChI=1S/C22H30N2O3S/c1-5-24(6-2)28(26,27)21-15-12-19(13-16-21)14-17-22(25)23(4)18(3)20-10-8-7-9-11-20/h7-13,15-16,18H,5-6,14,17H2,1-4H3. The van der Waals surface area contributed by atoms with Crippen molar-refractivity contribution in [3.63, 3.8) is 0 Å². The summed E-state index contributed by atoms with van der Waals surface area (Å²) < 4.78 is 26.5. The van der Waals surface area contributed by atoms with E-state index in [2.05, 4.69) is 0 Å². The normalized spacial score (nSPS) is 12.8. The zero-order chi connectivity index (χ0) is 20.7. The summed E-state index contributed by atoms with van der Waals surface area (Å²) in [6.45, 7) is 6.56. The highest BCUT2D eigenvalue weighted by atomic mass is 32.2. The van der Waals surface area contributed by atoms with E-state index in [4.69, 9.17) is 0 Å². The molecule has 28 heavy (non-hydrogen) atoms. The van der Waals surface area contributed by atoms with Crippen molar-refractivity contribution in [2.24, 2.45) is 0 Å². The molecule has 0 saturated heterocycles. The van der Waals surface area contributed by atoms with Gasteiger partial charge < -0.3 is 4.90 Å². The Labute approximate surface area is 169 Å². The van der Waals surface area contributed by atoms with Crippen LogP contribution in [0.1, 0.15) is 44.4 Å². The Morgan fingerprint density at radius 2 is 1.54 bits per heavy atom. The largest absolute Gasteiger partial charge is 0.339 e. The van der Waals surface area contributed by atoms with E-state index in [1.165, 1.54) is 4.31 Å². The Morgan fingerprint density at radius 1 is 0.964 bits per heavy atom. The van der Waals surface area contributed by atoms with Crippen LogP contribution < -0.4 is 0 Å². The molecule has 6 heteroatoms. The quantitative estimate of drug-likeness (QED) is 0.640. The van der Waals surface area contributed by atoms with Gasteiger partial charge in [0, 0.05) is 26.6 Å². The number of carbonyl (C=O) groups is 1. The predicted octanol–water partition coefficient (Wildman–Crippen LogP) is 3.87. The molecule has 2 rings (SSSR count). The molecule has 0 aliphatic rings. The number of rotatable bonds is 9. The molecular formula is C22H30N2O3S. The molecule has 1 amide bonds. The number of sulfonamides is 1. The maximum absolute atomic E-state index is 12.5. The summed E-state index contributed by atoms with van der Waals surface area (Å²) in [7, 11) is -1.63. The van der Waals surface area contributed by atoms with Crippen molar-refractivity contribution in [2.45, 2.75) is 44.6 Å². The van der Waals surface area contributed by atoms with Crippen molar-refractivity contribution in [2.75, 3.05) is 20.1 Å². The molecule has 0 heterocycles. The van der Waals surface area contributed by atoms with E-state index in [-0.39, 0.29) is 11.9 Å². The van der Waals surface area contributed by atoms with Gasteiger partial charge in [-0.15, -0.1) is 0 Å². The van der Waals surface area contributed by atoms with E-state index in [0.717, 1.165) is 11.1 Å². The van der Waals surface area contributed by atoms with Crippen molar-refractivity contribution < 1.29 is 13.2 Å². The van der Waals surface area contributed by atoms with Crippen LogP contribution in [0.25, 0.3) is 0 Å². The van der Waals surface area contributed by atoms with Crippen molar-refractivity contribution in [1.29, 1.82) is 0 Å². The number of aryl methyl sites for hydroxylation is 1. The topological polar surface area (TPSA) is 57.7 Å². The van der Waals surface area contributed by atoms with Gasteiger partial charge in [-0.1, -0.05) is 56.3 Å². The minimum absolute atomic E-state index is 0.00953. The van der Waals surface area contributed by atoms with Crippen LogP contribution in [0.3, 0.4) is 0 Å². The number of hydrogen-bond donors (Lipinski definition) is 0. The lowest BCUT2D eigenvalue weighted by Crippen LogP contribution is -2.30. The van der Waals surface area contributed by atoms with Crippen LogP contribution in [-0.4, -0.2) is 43.7 Å². The Bertz CT molecular complexity index is 860. The van der Waals surface area contributed by atoms with Crippen LogP contribution in [-0.2, 0) is 21.2 Å². The minimum atomic E-state index is -3.45. The molecular weight excluding hydrogens is 372 g/mol. The Kier molecular flexibility index (Phi) is 7.78. The van der Waals surface area contributed by atoms with Gasteiger partial charge in [-0.05, 0) is 36.6 Å². The fraction of sp³-hybridized carbons (Fsp3) is 0.409. The summed E-state index contributed by atoms with van der Waals surface area (Å²) in [4.78, 5) is 14.6. The third-order valence-corrected chi connectivity index (χ3v) is 7.21. The average molecular weight is 403 g/mol.